The molecule has 1 rings (SSSR count). The standard InChI is InChI=1S/C12H22N4O2/c1-8(2)5-12(3,17)6-14-11-9(18-4)10(13)15-7-16-11/h7-8,17H,5-6H2,1-4H3,(H3,13,14,15,16). The Balaban J connectivity index is 2.71. The highest BCUT2D eigenvalue weighted by atomic mass is 16.5. The van der Waals surface area contributed by atoms with Gasteiger partial charge in [0.15, 0.2) is 11.6 Å². The second kappa shape index (κ2) is 5.86. The van der Waals surface area contributed by atoms with E-state index in [9.17, 15) is 5.11 Å². The molecule has 1 aromatic rings. The number of aliphatic hydroxyl groups is 1. The fourth-order valence-corrected chi connectivity index (χ4v) is 1.94. The van der Waals surface area contributed by atoms with Crippen LogP contribution in [0.15, 0.2) is 6.33 Å². The van der Waals surface area contributed by atoms with Crippen LogP contribution < -0.4 is 15.8 Å². The van der Waals surface area contributed by atoms with Crippen LogP contribution >= 0.6 is 0 Å². The Morgan fingerprint density at radius 3 is 2.72 bits per heavy atom. The molecule has 0 aliphatic carbocycles. The van der Waals surface area contributed by atoms with Gasteiger partial charge in [0, 0.05) is 6.54 Å². The number of hydrogen-bond donors (Lipinski definition) is 3. The number of anilines is 2. The third-order valence-electron chi connectivity index (χ3n) is 2.52. The van der Waals surface area contributed by atoms with E-state index in [1.807, 2.05) is 0 Å². The van der Waals surface area contributed by atoms with E-state index in [1.54, 1.807) is 6.92 Å². The van der Waals surface area contributed by atoms with Gasteiger partial charge in [-0.05, 0) is 19.3 Å². The van der Waals surface area contributed by atoms with Gasteiger partial charge in [0.25, 0.3) is 0 Å². The van der Waals surface area contributed by atoms with Gasteiger partial charge in [-0.1, -0.05) is 13.8 Å². The maximum atomic E-state index is 10.2. The molecule has 0 aromatic carbocycles. The van der Waals surface area contributed by atoms with Crippen molar-refractivity contribution in [2.45, 2.75) is 32.8 Å². The molecule has 1 atom stereocenters. The molecule has 1 heterocycles. The predicted molar refractivity (Wildman–Crippen MR) is 71.6 cm³/mol. The third kappa shape index (κ3) is 4.03. The van der Waals surface area contributed by atoms with Crippen LogP contribution in [0.2, 0.25) is 0 Å². The second-order valence-electron chi connectivity index (χ2n) is 5.09. The molecular weight excluding hydrogens is 232 g/mol. The molecule has 0 radical (unpaired) electrons. The molecule has 0 aliphatic rings. The monoisotopic (exact) mass is 254 g/mol. The molecule has 0 bridgehead atoms. The minimum absolute atomic E-state index is 0.276. The summed E-state index contributed by atoms with van der Waals surface area (Å²) < 4.78 is 5.13. The zero-order valence-electron chi connectivity index (χ0n) is 11.4. The van der Waals surface area contributed by atoms with E-state index in [4.69, 9.17) is 10.5 Å². The third-order valence-corrected chi connectivity index (χ3v) is 2.52. The average Bonchev–Trinajstić information content (AvgIpc) is 2.24. The number of methoxy groups -OCH3 is 1. The highest BCUT2D eigenvalue weighted by Gasteiger charge is 2.22. The van der Waals surface area contributed by atoms with Gasteiger partial charge in [0.05, 0.1) is 12.7 Å². The molecule has 4 N–H and O–H groups in total. The van der Waals surface area contributed by atoms with Gasteiger partial charge in [-0.3, -0.25) is 0 Å². The smallest absolute Gasteiger partial charge is 0.203 e. The van der Waals surface area contributed by atoms with Gasteiger partial charge in [0.1, 0.15) is 6.33 Å². The van der Waals surface area contributed by atoms with Crippen LogP contribution in [-0.2, 0) is 0 Å². The molecule has 102 valence electrons. The van der Waals surface area contributed by atoms with E-state index in [1.165, 1.54) is 13.4 Å². The summed E-state index contributed by atoms with van der Waals surface area (Å²) in [6.07, 6.45) is 2.06. The van der Waals surface area contributed by atoms with Gasteiger partial charge in [0.2, 0.25) is 5.75 Å². The van der Waals surface area contributed by atoms with Crippen molar-refractivity contribution in [3.63, 3.8) is 0 Å². The summed E-state index contributed by atoms with van der Waals surface area (Å²) in [6.45, 7) is 6.30. The Morgan fingerprint density at radius 1 is 1.50 bits per heavy atom. The van der Waals surface area contributed by atoms with Gasteiger partial charge < -0.3 is 20.9 Å². The van der Waals surface area contributed by atoms with E-state index in [0.717, 1.165) is 0 Å². The summed E-state index contributed by atoms with van der Waals surface area (Å²) in [4.78, 5) is 7.90. The molecule has 0 fully saturated rings. The van der Waals surface area contributed by atoms with Crippen LogP contribution in [-0.4, -0.2) is 34.3 Å². The Kier molecular flexibility index (Phi) is 4.72. The quantitative estimate of drug-likeness (QED) is 0.708. The van der Waals surface area contributed by atoms with Crippen LogP contribution in [0.25, 0.3) is 0 Å². The minimum atomic E-state index is -0.807. The molecular formula is C12H22N4O2. The lowest BCUT2D eigenvalue weighted by atomic mass is 9.94. The maximum Gasteiger partial charge on any atom is 0.203 e. The Morgan fingerprint density at radius 2 is 2.17 bits per heavy atom. The van der Waals surface area contributed by atoms with Crippen LogP contribution in [0.1, 0.15) is 27.2 Å². The lowest BCUT2D eigenvalue weighted by Gasteiger charge is -2.26. The maximum absolute atomic E-state index is 10.2. The summed E-state index contributed by atoms with van der Waals surface area (Å²) >= 11 is 0. The molecule has 0 amide bonds. The topological polar surface area (TPSA) is 93.3 Å². The fraction of sp³-hybridized carbons (Fsp3) is 0.667. The number of ether oxygens (including phenoxy) is 1. The largest absolute Gasteiger partial charge is 0.490 e. The molecule has 18 heavy (non-hydrogen) atoms. The fourth-order valence-electron chi connectivity index (χ4n) is 1.94. The summed E-state index contributed by atoms with van der Waals surface area (Å²) in [5.41, 5.74) is 4.87. The number of hydrogen-bond acceptors (Lipinski definition) is 6. The molecule has 0 spiro atoms. The minimum Gasteiger partial charge on any atom is -0.490 e. The van der Waals surface area contributed by atoms with Crippen molar-refractivity contribution in [2.24, 2.45) is 5.92 Å². The summed E-state index contributed by atoms with van der Waals surface area (Å²) in [6, 6.07) is 0. The van der Waals surface area contributed by atoms with Gasteiger partial charge in [-0.15, -0.1) is 0 Å². The van der Waals surface area contributed by atoms with Gasteiger partial charge in [-0.25, -0.2) is 9.97 Å². The molecule has 0 saturated heterocycles. The molecule has 1 aromatic heterocycles. The number of nitrogens with one attached hydrogen (secondary N) is 1. The average molecular weight is 254 g/mol. The molecule has 6 nitrogen and oxygen atoms in total. The SMILES string of the molecule is COc1c(N)ncnc1NCC(C)(O)CC(C)C. The lowest BCUT2D eigenvalue weighted by Crippen LogP contribution is -2.35. The number of rotatable bonds is 6. The Labute approximate surface area is 108 Å². The predicted octanol–water partition coefficient (Wildman–Crippen LogP) is 1.28. The molecule has 6 heteroatoms. The summed E-state index contributed by atoms with van der Waals surface area (Å²) in [5.74, 6) is 1.59. The van der Waals surface area contributed by atoms with Crippen molar-refractivity contribution in [3.8, 4) is 5.75 Å². The first-order chi connectivity index (χ1) is 8.35. The Bertz CT molecular complexity index is 394. The normalized spacial score (nSPS) is 14.3. The van der Waals surface area contributed by atoms with E-state index in [2.05, 4.69) is 29.1 Å². The molecule has 0 saturated carbocycles. The first-order valence-electron chi connectivity index (χ1n) is 5.96. The van der Waals surface area contributed by atoms with Crippen molar-refractivity contribution in [3.05, 3.63) is 6.33 Å². The van der Waals surface area contributed by atoms with Gasteiger partial charge >= 0.3 is 0 Å². The summed E-state index contributed by atoms with van der Waals surface area (Å²) in [7, 11) is 1.51. The van der Waals surface area contributed by atoms with Crippen LogP contribution in [0.5, 0.6) is 5.75 Å². The zero-order chi connectivity index (χ0) is 13.8. The van der Waals surface area contributed by atoms with E-state index >= 15 is 0 Å². The van der Waals surface area contributed by atoms with Crippen LogP contribution in [0.4, 0.5) is 11.6 Å². The van der Waals surface area contributed by atoms with E-state index < -0.39 is 5.60 Å². The zero-order valence-corrected chi connectivity index (χ0v) is 11.4. The highest BCUT2D eigenvalue weighted by molar-refractivity contribution is 5.61. The first kappa shape index (κ1) is 14.5. The number of nitrogens with two attached hydrogens (primary N) is 1. The second-order valence-corrected chi connectivity index (χ2v) is 5.09. The number of aromatic nitrogens is 2. The van der Waals surface area contributed by atoms with Crippen molar-refractivity contribution >= 4 is 11.6 Å². The van der Waals surface area contributed by atoms with Gasteiger partial charge in [-0.2, -0.15) is 0 Å². The van der Waals surface area contributed by atoms with E-state index in [-0.39, 0.29) is 5.82 Å². The first-order valence-corrected chi connectivity index (χ1v) is 5.96. The Hall–Kier alpha value is -1.56. The van der Waals surface area contributed by atoms with E-state index in [0.29, 0.717) is 30.5 Å². The van der Waals surface area contributed by atoms with Crippen molar-refractivity contribution in [1.29, 1.82) is 0 Å². The van der Waals surface area contributed by atoms with Crippen molar-refractivity contribution in [2.75, 3.05) is 24.7 Å². The van der Waals surface area contributed by atoms with Crippen molar-refractivity contribution < 1.29 is 9.84 Å². The van der Waals surface area contributed by atoms with Crippen LogP contribution in [0, 0.1) is 5.92 Å². The number of nitrogens with zero attached hydrogens (tertiary/aromatic N) is 2. The number of nitrogen functional groups attached to an aromatic ring is 1. The van der Waals surface area contributed by atoms with Crippen LogP contribution in [0.3, 0.4) is 0 Å². The molecule has 1 unspecified atom stereocenters. The summed E-state index contributed by atoms with van der Waals surface area (Å²) in [5, 5.41) is 13.2. The van der Waals surface area contributed by atoms with Crippen molar-refractivity contribution in [1.82, 2.24) is 9.97 Å². The molecule has 0 aliphatic heterocycles. The lowest BCUT2D eigenvalue weighted by molar-refractivity contribution is 0.0514. The highest BCUT2D eigenvalue weighted by Crippen LogP contribution is 2.27.